The molecule has 0 aromatic heterocycles. The molecule has 1 aliphatic rings. The molecule has 0 radical (unpaired) electrons. The van der Waals surface area contributed by atoms with Crippen molar-refractivity contribution in [3.05, 3.63) is 59.7 Å². The van der Waals surface area contributed by atoms with Crippen LogP contribution in [0.3, 0.4) is 0 Å². The highest BCUT2D eigenvalue weighted by molar-refractivity contribution is 7.98. The van der Waals surface area contributed by atoms with Crippen LogP contribution in [0.25, 0.3) is 0 Å². The summed E-state index contributed by atoms with van der Waals surface area (Å²) in [6.07, 6.45) is 7.42. The molecule has 6 heteroatoms. The fourth-order valence-electron chi connectivity index (χ4n) is 3.66. The van der Waals surface area contributed by atoms with Gasteiger partial charge < -0.3 is 4.74 Å². The Bertz CT molecular complexity index is 858. The van der Waals surface area contributed by atoms with Crippen molar-refractivity contribution in [1.29, 1.82) is 0 Å². The molecular weight excluding hydrogens is 390 g/mol. The van der Waals surface area contributed by atoms with Crippen molar-refractivity contribution in [2.45, 2.75) is 37.0 Å². The highest BCUT2D eigenvalue weighted by Gasteiger charge is 2.38. The number of ether oxygens (including phenoxy) is 1. The maximum absolute atomic E-state index is 12.7. The van der Waals surface area contributed by atoms with Gasteiger partial charge in [-0.25, -0.2) is 13.1 Å². The van der Waals surface area contributed by atoms with Crippen LogP contribution in [0.15, 0.2) is 53.4 Å². The van der Waals surface area contributed by atoms with Crippen molar-refractivity contribution in [3.63, 3.8) is 0 Å². The third-order valence-corrected chi connectivity index (χ3v) is 7.65. The molecule has 0 unspecified atom stereocenters. The Hall–Kier alpha value is -1.50. The minimum Gasteiger partial charge on any atom is -0.497 e. The Kier molecular flexibility index (Phi) is 7.07. The summed E-state index contributed by atoms with van der Waals surface area (Å²) in [6, 6.07) is 15.3. The number of aryl methyl sites for hydroxylation is 1. The van der Waals surface area contributed by atoms with Crippen molar-refractivity contribution in [3.8, 4) is 5.75 Å². The lowest BCUT2D eigenvalue weighted by molar-refractivity contribution is 0.139. The maximum atomic E-state index is 12.7. The summed E-state index contributed by atoms with van der Waals surface area (Å²) in [5.74, 6) is 1.78. The van der Waals surface area contributed by atoms with Gasteiger partial charge in [0.05, 0.1) is 12.0 Å². The van der Waals surface area contributed by atoms with E-state index >= 15 is 0 Å². The van der Waals surface area contributed by atoms with Gasteiger partial charge in [0.1, 0.15) is 5.75 Å². The fourth-order valence-corrected chi connectivity index (χ4v) is 5.25. The average Bonchev–Trinajstić information content (AvgIpc) is 2.69. The maximum Gasteiger partial charge on any atom is 0.240 e. The molecule has 0 heterocycles. The number of thioether (sulfide) groups is 1. The van der Waals surface area contributed by atoms with Crippen LogP contribution in [0.4, 0.5) is 0 Å². The second-order valence-electron chi connectivity index (χ2n) is 7.59. The van der Waals surface area contributed by atoms with Crippen LogP contribution >= 0.6 is 11.8 Å². The van der Waals surface area contributed by atoms with Gasteiger partial charge in [-0.2, -0.15) is 11.8 Å². The van der Waals surface area contributed by atoms with E-state index in [1.807, 2.05) is 11.8 Å². The first-order chi connectivity index (χ1) is 13.5. The van der Waals surface area contributed by atoms with E-state index in [2.05, 4.69) is 35.2 Å². The third-order valence-electron chi connectivity index (χ3n) is 5.62. The zero-order valence-electron chi connectivity index (χ0n) is 16.6. The van der Waals surface area contributed by atoms with Crippen LogP contribution in [0.2, 0.25) is 0 Å². The molecule has 28 heavy (non-hydrogen) atoms. The van der Waals surface area contributed by atoms with Crippen molar-refractivity contribution < 1.29 is 13.2 Å². The predicted molar refractivity (Wildman–Crippen MR) is 117 cm³/mol. The Balaban J connectivity index is 1.62. The summed E-state index contributed by atoms with van der Waals surface area (Å²) in [6.45, 7) is 0.482. The summed E-state index contributed by atoms with van der Waals surface area (Å²) in [5.41, 5.74) is 2.68. The topological polar surface area (TPSA) is 55.4 Å². The van der Waals surface area contributed by atoms with E-state index in [0.717, 1.165) is 37.9 Å². The molecule has 0 saturated heterocycles. The summed E-state index contributed by atoms with van der Waals surface area (Å²) in [4.78, 5) is 0.279. The molecule has 152 valence electrons. The molecule has 0 aliphatic heterocycles. The SMILES string of the molecule is COc1ccc(S(=O)(=O)NCC2(Cc3ccc(CCSC)cc3)CCC2)cc1. The number of benzene rings is 2. The highest BCUT2D eigenvalue weighted by Crippen LogP contribution is 2.43. The second kappa shape index (κ2) is 9.33. The standard InChI is InChI=1S/C22H29NO3S2/c1-26-20-8-10-21(11-9-20)28(24,25)23-17-22(13-3-14-22)16-19-6-4-18(5-7-19)12-15-27-2/h4-11,23H,3,12-17H2,1-2H3. The van der Waals surface area contributed by atoms with Crippen LogP contribution in [-0.2, 0) is 22.9 Å². The van der Waals surface area contributed by atoms with Gasteiger partial charge in [0, 0.05) is 6.54 Å². The van der Waals surface area contributed by atoms with Crippen LogP contribution in [-0.4, -0.2) is 34.1 Å². The zero-order chi connectivity index (χ0) is 20.0. The van der Waals surface area contributed by atoms with Gasteiger partial charge in [0.2, 0.25) is 10.0 Å². The van der Waals surface area contributed by atoms with E-state index in [1.165, 1.54) is 11.1 Å². The number of rotatable bonds is 10. The van der Waals surface area contributed by atoms with E-state index in [4.69, 9.17) is 4.74 Å². The van der Waals surface area contributed by atoms with Crippen molar-refractivity contribution >= 4 is 21.8 Å². The molecule has 0 amide bonds. The van der Waals surface area contributed by atoms with Crippen LogP contribution in [0.5, 0.6) is 5.75 Å². The minimum atomic E-state index is -3.51. The van der Waals surface area contributed by atoms with E-state index < -0.39 is 10.0 Å². The molecule has 2 aromatic rings. The Morgan fingerprint density at radius 3 is 2.21 bits per heavy atom. The smallest absolute Gasteiger partial charge is 0.240 e. The quantitative estimate of drug-likeness (QED) is 0.624. The molecule has 3 rings (SSSR count). The molecule has 0 bridgehead atoms. The molecule has 0 spiro atoms. The van der Waals surface area contributed by atoms with E-state index in [9.17, 15) is 8.42 Å². The van der Waals surface area contributed by atoms with Crippen LogP contribution < -0.4 is 9.46 Å². The lowest BCUT2D eigenvalue weighted by Gasteiger charge is -2.42. The summed E-state index contributed by atoms with van der Waals surface area (Å²) in [5, 5.41) is 0. The average molecular weight is 420 g/mol. The molecule has 0 atom stereocenters. The van der Waals surface area contributed by atoms with Gasteiger partial charge in [0.15, 0.2) is 0 Å². The minimum absolute atomic E-state index is 0.0281. The fraction of sp³-hybridized carbons (Fsp3) is 0.455. The Labute approximate surface area is 173 Å². The number of methoxy groups -OCH3 is 1. The summed E-state index contributed by atoms with van der Waals surface area (Å²) >= 11 is 1.86. The molecule has 4 nitrogen and oxygen atoms in total. The zero-order valence-corrected chi connectivity index (χ0v) is 18.2. The van der Waals surface area contributed by atoms with Gasteiger partial charge in [-0.15, -0.1) is 0 Å². The van der Waals surface area contributed by atoms with Gasteiger partial charge in [-0.3, -0.25) is 0 Å². The van der Waals surface area contributed by atoms with Crippen molar-refractivity contribution in [2.75, 3.05) is 25.7 Å². The number of hydrogen-bond acceptors (Lipinski definition) is 4. The molecule has 1 N–H and O–H groups in total. The van der Waals surface area contributed by atoms with Gasteiger partial charge >= 0.3 is 0 Å². The summed E-state index contributed by atoms with van der Waals surface area (Å²) in [7, 11) is -1.94. The van der Waals surface area contributed by atoms with Gasteiger partial charge in [0.25, 0.3) is 0 Å². The van der Waals surface area contributed by atoms with E-state index in [1.54, 1.807) is 31.4 Å². The first-order valence-electron chi connectivity index (χ1n) is 9.67. The third kappa shape index (κ3) is 5.31. The molecular formula is C22H29NO3S2. The normalized spacial score (nSPS) is 15.8. The number of hydrogen-bond donors (Lipinski definition) is 1. The number of nitrogens with one attached hydrogen (secondary N) is 1. The Morgan fingerprint density at radius 1 is 1.04 bits per heavy atom. The molecule has 1 fully saturated rings. The first-order valence-corrected chi connectivity index (χ1v) is 12.5. The first kappa shape index (κ1) is 21.2. The van der Waals surface area contributed by atoms with Gasteiger partial charge in [-0.1, -0.05) is 30.7 Å². The monoisotopic (exact) mass is 419 g/mol. The van der Waals surface area contributed by atoms with E-state index in [-0.39, 0.29) is 10.3 Å². The van der Waals surface area contributed by atoms with Gasteiger partial charge in [-0.05, 0) is 78.5 Å². The lowest BCUT2D eigenvalue weighted by atomic mass is 9.65. The second-order valence-corrected chi connectivity index (χ2v) is 10.3. The molecule has 1 aliphatic carbocycles. The van der Waals surface area contributed by atoms with E-state index in [0.29, 0.717) is 12.3 Å². The highest BCUT2D eigenvalue weighted by atomic mass is 32.2. The van der Waals surface area contributed by atoms with Crippen LogP contribution in [0.1, 0.15) is 30.4 Å². The molecule has 2 aromatic carbocycles. The lowest BCUT2D eigenvalue weighted by Crippen LogP contribution is -2.43. The van der Waals surface area contributed by atoms with Crippen LogP contribution in [0, 0.1) is 5.41 Å². The van der Waals surface area contributed by atoms with Crippen molar-refractivity contribution in [1.82, 2.24) is 4.72 Å². The number of sulfonamides is 1. The molecule has 1 saturated carbocycles. The largest absolute Gasteiger partial charge is 0.497 e. The Morgan fingerprint density at radius 2 is 1.68 bits per heavy atom. The summed E-state index contributed by atoms with van der Waals surface area (Å²) < 4.78 is 33.3. The van der Waals surface area contributed by atoms with Crippen molar-refractivity contribution in [2.24, 2.45) is 5.41 Å². The predicted octanol–water partition coefficient (Wildman–Crippen LogP) is 4.29.